The molecule has 1 aliphatic rings. The molecule has 1 amide bonds. The average Bonchev–Trinajstić information content (AvgIpc) is 2.67. The third-order valence-electron chi connectivity index (χ3n) is 4.90. The highest BCUT2D eigenvalue weighted by Crippen LogP contribution is 2.23. The Labute approximate surface area is 171 Å². The number of amides is 1. The van der Waals surface area contributed by atoms with Crippen molar-refractivity contribution in [3.63, 3.8) is 0 Å². The molecule has 0 saturated carbocycles. The molecule has 168 valence electrons. The molecule has 1 rings (SSSR count). The molecule has 11 nitrogen and oxygen atoms in total. The van der Waals surface area contributed by atoms with Gasteiger partial charge in [0.15, 0.2) is 11.9 Å². The van der Waals surface area contributed by atoms with Crippen LogP contribution in [-0.4, -0.2) is 76.8 Å². The van der Waals surface area contributed by atoms with Crippen LogP contribution in [0.5, 0.6) is 0 Å². The Morgan fingerprint density at radius 2 is 1.72 bits per heavy atom. The summed E-state index contributed by atoms with van der Waals surface area (Å²) in [7, 11) is 0. The fourth-order valence-electron chi connectivity index (χ4n) is 3.31. The number of carbonyl (C=O) groups excluding carboxylic acids is 1. The van der Waals surface area contributed by atoms with Crippen molar-refractivity contribution >= 4 is 17.8 Å². The van der Waals surface area contributed by atoms with Crippen LogP contribution in [0.3, 0.4) is 0 Å². The predicted molar refractivity (Wildman–Crippen MR) is 108 cm³/mol. The van der Waals surface area contributed by atoms with Gasteiger partial charge in [0.1, 0.15) is 18.3 Å². The Kier molecular flexibility index (Phi) is 11.5. The van der Waals surface area contributed by atoms with Gasteiger partial charge in [-0.15, -0.1) is 0 Å². The van der Waals surface area contributed by atoms with Crippen LogP contribution in [0.15, 0.2) is 0 Å². The number of unbranched alkanes of at least 4 members (excludes halogenated alkanes) is 4. The van der Waals surface area contributed by atoms with E-state index in [0.717, 1.165) is 25.7 Å². The van der Waals surface area contributed by atoms with E-state index in [1.54, 1.807) is 0 Å². The largest absolute Gasteiger partial charge is 0.394 e. The smallest absolute Gasteiger partial charge is 0.220 e. The van der Waals surface area contributed by atoms with Gasteiger partial charge in [0, 0.05) is 13.0 Å². The van der Waals surface area contributed by atoms with E-state index in [9.17, 15) is 20.1 Å². The average molecular weight is 417 g/mol. The number of guanidine groups is 2. The van der Waals surface area contributed by atoms with Gasteiger partial charge in [0.2, 0.25) is 5.91 Å². The topological polar surface area (TPSA) is 197 Å². The van der Waals surface area contributed by atoms with Gasteiger partial charge in [0.05, 0.1) is 18.8 Å². The number of ether oxygens (including phenoxy) is 1. The molecule has 0 spiro atoms. The minimum atomic E-state index is -1.24. The van der Waals surface area contributed by atoms with Crippen molar-refractivity contribution in [1.82, 2.24) is 16.0 Å². The highest BCUT2D eigenvalue weighted by atomic mass is 16.5. The first-order valence-electron chi connectivity index (χ1n) is 10.1. The highest BCUT2D eigenvalue weighted by Gasteiger charge is 2.43. The van der Waals surface area contributed by atoms with Crippen molar-refractivity contribution in [3.8, 4) is 0 Å². The van der Waals surface area contributed by atoms with Crippen molar-refractivity contribution in [2.24, 2.45) is 5.73 Å². The van der Waals surface area contributed by atoms with Gasteiger partial charge in [0.25, 0.3) is 0 Å². The molecule has 1 saturated heterocycles. The lowest BCUT2D eigenvalue weighted by Gasteiger charge is -2.42. The lowest BCUT2D eigenvalue weighted by molar-refractivity contribution is -0.195. The summed E-state index contributed by atoms with van der Waals surface area (Å²) < 4.78 is 5.58. The van der Waals surface area contributed by atoms with Gasteiger partial charge in [-0.25, -0.2) is 0 Å². The monoisotopic (exact) mass is 416 g/mol. The molecule has 1 fully saturated rings. The molecule has 0 aromatic carbocycles. The maximum atomic E-state index is 12.2. The van der Waals surface area contributed by atoms with Crippen LogP contribution in [0.2, 0.25) is 0 Å². The van der Waals surface area contributed by atoms with Crippen LogP contribution in [0.4, 0.5) is 0 Å². The Hall–Kier alpha value is -1.95. The summed E-state index contributed by atoms with van der Waals surface area (Å²) in [5, 5.41) is 51.9. The van der Waals surface area contributed by atoms with E-state index in [1.807, 2.05) is 6.92 Å². The van der Waals surface area contributed by atoms with E-state index in [4.69, 9.17) is 21.3 Å². The third-order valence-corrected chi connectivity index (χ3v) is 4.90. The Bertz CT molecular complexity index is 533. The SMILES string of the molecule is CC[C@@H]1OC(CO)[C@@H](O)C(O)C1NC(=O)CCCCCCCNC(=N)NC(=N)N. The van der Waals surface area contributed by atoms with Gasteiger partial charge in [-0.1, -0.05) is 26.2 Å². The summed E-state index contributed by atoms with van der Waals surface area (Å²) in [5.41, 5.74) is 5.12. The normalized spacial score (nSPS) is 26.6. The number of carbonyl (C=O) groups is 1. The molecule has 0 radical (unpaired) electrons. The number of nitrogens with one attached hydrogen (secondary N) is 5. The van der Waals surface area contributed by atoms with Crippen LogP contribution in [0.25, 0.3) is 0 Å². The molecule has 1 aliphatic heterocycles. The van der Waals surface area contributed by atoms with E-state index in [0.29, 0.717) is 25.8 Å². The fraction of sp³-hybridized carbons (Fsp3) is 0.833. The molecule has 1 heterocycles. The summed E-state index contributed by atoms with van der Waals surface area (Å²) in [6.07, 6.45) is 1.49. The van der Waals surface area contributed by atoms with Gasteiger partial charge >= 0.3 is 0 Å². The van der Waals surface area contributed by atoms with Crippen LogP contribution in [0.1, 0.15) is 51.9 Å². The van der Waals surface area contributed by atoms with Crippen molar-refractivity contribution in [2.75, 3.05) is 13.2 Å². The first kappa shape index (κ1) is 25.1. The molecule has 0 aromatic rings. The maximum Gasteiger partial charge on any atom is 0.220 e. The quantitative estimate of drug-likeness (QED) is 0.113. The second-order valence-corrected chi connectivity index (χ2v) is 7.24. The summed E-state index contributed by atoms with van der Waals surface area (Å²) in [6, 6.07) is -0.699. The summed E-state index contributed by atoms with van der Waals surface area (Å²) in [4.78, 5) is 12.2. The van der Waals surface area contributed by atoms with E-state index < -0.39 is 30.5 Å². The molecule has 29 heavy (non-hydrogen) atoms. The number of hydrogen-bond acceptors (Lipinski definition) is 7. The van der Waals surface area contributed by atoms with E-state index in [-0.39, 0.29) is 24.4 Å². The Morgan fingerprint density at radius 1 is 1.07 bits per heavy atom. The molecule has 0 aromatic heterocycles. The summed E-state index contributed by atoms with van der Waals surface area (Å²) in [6.45, 7) is 2.07. The first-order valence-corrected chi connectivity index (χ1v) is 10.1. The van der Waals surface area contributed by atoms with Crippen LogP contribution >= 0.6 is 0 Å². The summed E-state index contributed by atoms with van der Waals surface area (Å²) in [5.74, 6) is -0.471. The minimum absolute atomic E-state index is 0.00358. The van der Waals surface area contributed by atoms with E-state index >= 15 is 0 Å². The van der Waals surface area contributed by atoms with Gasteiger partial charge in [-0.2, -0.15) is 0 Å². The minimum Gasteiger partial charge on any atom is -0.394 e. The van der Waals surface area contributed by atoms with Crippen molar-refractivity contribution < 1.29 is 24.9 Å². The molecule has 10 N–H and O–H groups in total. The first-order chi connectivity index (χ1) is 13.8. The molecule has 0 aliphatic carbocycles. The number of aliphatic hydroxyl groups is 3. The third kappa shape index (κ3) is 8.94. The van der Waals surface area contributed by atoms with Crippen molar-refractivity contribution in [1.29, 1.82) is 10.8 Å². The van der Waals surface area contributed by atoms with E-state index in [1.165, 1.54) is 0 Å². The Morgan fingerprint density at radius 3 is 2.34 bits per heavy atom. The number of nitrogens with two attached hydrogens (primary N) is 1. The van der Waals surface area contributed by atoms with Crippen LogP contribution < -0.4 is 21.7 Å². The second-order valence-electron chi connectivity index (χ2n) is 7.24. The zero-order chi connectivity index (χ0) is 21.8. The lowest BCUT2D eigenvalue weighted by atomic mass is 9.91. The predicted octanol–water partition coefficient (Wildman–Crippen LogP) is -1.29. The molecular formula is C18H36N6O5. The van der Waals surface area contributed by atoms with Crippen molar-refractivity contribution in [2.45, 2.75) is 82.3 Å². The molecule has 11 heteroatoms. The van der Waals surface area contributed by atoms with Crippen molar-refractivity contribution in [3.05, 3.63) is 0 Å². The number of rotatable bonds is 11. The van der Waals surface area contributed by atoms with Crippen LogP contribution in [0, 0.1) is 10.8 Å². The maximum absolute atomic E-state index is 12.2. The zero-order valence-electron chi connectivity index (χ0n) is 17.0. The number of hydrogen-bond donors (Lipinski definition) is 9. The zero-order valence-corrected chi connectivity index (χ0v) is 17.0. The van der Waals surface area contributed by atoms with Gasteiger partial charge in [-0.3, -0.25) is 20.9 Å². The standard InChI is InChI=1S/C18H36N6O5/c1-2-11-14(16(28)15(27)12(10-25)29-11)23-13(26)8-6-4-3-5-7-9-22-18(21)24-17(19)20/h11-12,14-16,25,27-28H,2-10H2,1H3,(H,23,26)(H6,19,20,21,22,24)/t11-,12?,14?,15+,16?/m0/s1. The lowest BCUT2D eigenvalue weighted by Crippen LogP contribution is -2.64. The van der Waals surface area contributed by atoms with Gasteiger partial charge in [-0.05, 0) is 19.3 Å². The second kappa shape index (κ2) is 13.3. The fourth-order valence-corrected chi connectivity index (χ4v) is 3.31. The Balaban J connectivity index is 2.18. The molecule has 3 unspecified atom stereocenters. The molecule has 5 atom stereocenters. The number of aliphatic hydroxyl groups excluding tert-OH is 3. The molecular weight excluding hydrogens is 380 g/mol. The van der Waals surface area contributed by atoms with E-state index in [2.05, 4.69) is 16.0 Å². The van der Waals surface area contributed by atoms with Crippen LogP contribution in [-0.2, 0) is 9.53 Å². The van der Waals surface area contributed by atoms with Gasteiger partial charge < -0.3 is 36.4 Å². The summed E-state index contributed by atoms with van der Waals surface area (Å²) >= 11 is 0. The molecule has 0 bridgehead atoms. The highest BCUT2D eigenvalue weighted by molar-refractivity contribution is 5.94.